The molecular weight excluding hydrogens is 352 g/mol. The van der Waals surface area contributed by atoms with Crippen LogP contribution in [0.15, 0.2) is 115 Å². The van der Waals surface area contributed by atoms with Crippen LogP contribution in [0.3, 0.4) is 0 Å². The Hall–Kier alpha value is -3.42. The van der Waals surface area contributed by atoms with E-state index in [1.807, 2.05) is 48.5 Å². The Morgan fingerprint density at radius 1 is 0.552 bits per heavy atom. The summed E-state index contributed by atoms with van der Waals surface area (Å²) in [6, 6.07) is 39.2. The van der Waals surface area contributed by atoms with Crippen molar-refractivity contribution in [3.8, 4) is 0 Å². The number of hydrogen-bond donors (Lipinski definition) is 1. The summed E-state index contributed by atoms with van der Waals surface area (Å²) in [6.07, 6.45) is 0.514. The van der Waals surface area contributed by atoms with E-state index in [1.54, 1.807) is 0 Å². The van der Waals surface area contributed by atoms with Gasteiger partial charge in [0.15, 0.2) is 0 Å². The molecule has 1 atom stereocenters. The number of hydrogen-bond acceptors (Lipinski definition) is 1. The zero-order valence-electron chi connectivity index (χ0n) is 16.1. The van der Waals surface area contributed by atoms with Crippen molar-refractivity contribution in [2.24, 2.45) is 0 Å². The van der Waals surface area contributed by atoms with E-state index in [-0.39, 0.29) is 0 Å². The maximum atomic E-state index is 12.3. The first-order valence-corrected chi connectivity index (χ1v) is 9.98. The van der Waals surface area contributed by atoms with E-state index >= 15 is 0 Å². The molecule has 0 aliphatic heterocycles. The minimum Gasteiger partial charge on any atom is -0.380 e. The molecule has 0 aliphatic rings. The molecule has 0 spiro atoms. The molecule has 0 saturated carbocycles. The highest BCUT2D eigenvalue weighted by molar-refractivity contribution is 6.09. The van der Waals surface area contributed by atoms with Gasteiger partial charge in [-0.2, -0.15) is 0 Å². The molecule has 0 fully saturated rings. The van der Waals surface area contributed by atoms with Crippen molar-refractivity contribution in [2.45, 2.75) is 12.0 Å². The number of benzene rings is 5. The van der Waals surface area contributed by atoms with E-state index in [1.165, 1.54) is 10.8 Å². The molecule has 0 amide bonds. The second-order valence-corrected chi connectivity index (χ2v) is 7.58. The summed E-state index contributed by atoms with van der Waals surface area (Å²) in [4.78, 5) is 0. The van der Waals surface area contributed by atoms with Gasteiger partial charge in [-0.25, -0.2) is 0 Å². The Morgan fingerprint density at radius 2 is 1.10 bits per heavy atom. The van der Waals surface area contributed by atoms with Crippen molar-refractivity contribution < 1.29 is 5.11 Å². The third kappa shape index (κ3) is 3.10. The molecule has 5 rings (SSSR count). The summed E-state index contributed by atoms with van der Waals surface area (Å²) in [5.74, 6) is 0. The van der Waals surface area contributed by atoms with Crippen molar-refractivity contribution in [2.75, 3.05) is 0 Å². The minimum absolute atomic E-state index is 0.514. The molecule has 29 heavy (non-hydrogen) atoms. The fraction of sp³-hybridized carbons (Fsp3) is 0.0714. The Kier molecular flexibility index (Phi) is 4.38. The first-order valence-electron chi connectivity index (χ1n) is 9.98. The normalized spacial score (nSPS) is 13.4. The average Bonchev–Trinajstić information content (AvgIpc) is 2.80. The van der Waals surface area contributed by atoms with Gasteiger partial charge in [-0.3, -0.25) is 0 Å². The van der Waals surface area contributed by atoms with Gasteiger partial charge in [-0.15, -0.1) is 0 Å². The van der Waals surface area contributed by atoms with E-state index in [4.69, 9.17) is 0 Å². The standard InChI is InChI=1S/C28H22O/c29-28(23-14-5-2-6-15-23,20-21-11-3-1-4-12-21)27-19-22-13-7-8-16-24(22)25-17-9-10-18-26(25)27/h1-19,29H,20H2/t28-/m0/s1. The van der Waals surface area contributed by atoms with Gasteiger partial charge in [0, 0.05) is 6.42 Å². The predicted octanol–water partition coefficient (Wildman–Crippen LogP) is 6.47. The minimum atomic E-state index is -1.13. The fourth-order valence-electron chi connectivity index (χ4n) is 4.35. The first kappa shape index (κ1) is 17.7. The SMILES string of the molecule is O[C@@](Cc1ccccc1)(c1ccccc1)c1cc2ccccc2c2ccccc12. The maximum Gasteiger partial charge on any atom is 0.119 e. The number of aliphatic hydroxyl groups is 1. The van der Waals surface area contributed by atoms with E-state index in [0.717, 1.165) is 27.5 Å². The van der Waals surface area contributed by atoms with Crippen LogP contribution in [-0.4, -0.2) is 5.11 Å². The van der Waals surface area contributed by atoms with Crippen molar-refractivity contribution in [3.63, 3.8) is 0 Å². The van der Waals surface area contributed by atoms with Gasteiger partial charge < -0.3 is 5.11 Å². The largest absolute Gasteiger partial charge is 0.380 e. The van der Waals surface area contributed by atoms with Crippen molar-refractivity contribution in [1.82, 2.24) is 0 Å². The molecule has 1 nitrogen and oxygen atoms in total. The van der Waals surface area contributed by atoms with Crippen molar-refractivity contribution in [3.05, 3.63) is 132 Å². The molecule has 140 valence electrons. The molecule has 0 unspecified atom stereocenters. The molecule has 0 radical (unpaired) electrons. The summed E-state index contributed by atoms with van der Waals surface area (Å²) in [5.41, 5.74) is 1.83. The van der Waals surface area contributed by atoms with Gasteiger partial charge in [-0.1, -0.05) is 109 Å². The highest BCUT2D eigenvalue weighted by atomic mass is 16.3. The lowest BCUT2D eigenvalue weighted by Crippen LogP contribution is -2.30. The summed E-state index contributed by atoms with van der Waals surface area (Å²) in [6.45, 7) is 0. The van der Waals surface area contributed by atoms with Crippen molar-refractivity contribution >= 4 is 21.5 Å². The third-order valence-corrected chi connectivity index (χ3v) is 5.77. The predicted molar refractivity (Wildman–Crippen MR) is 121 cm³/mol. The number of rotatable bonds is 4. The molecule has 0 heterocycles. The van der Waals surface area contributed by atoms with Gasteiger partial charge in [0.05, 0.1) is 0 Å². The molecular formula is C28H22O. The average molecular weight is 374 g/mol. The Balaban J connectivity index is 1.83. The van der Waals surface area contributed by atoms with Crippen LogP contribution >= 0.6 is 0 Å². The quantitative estimate of drug-likeness (QED) is 0.357. The monoisotopic (exact) mass is 374 g/mol. The summed E-state index contributed by atoms with van der Waals surface area (Å²) in [7, 11) is 0. The van der Waals surface area contributed by atoms with Crippen LogP contribution < -0.4 is 0 Å². The van der Waals surface area contributed by atoms with Gasteiger partial charge in [-0.05, 0) is 44.3 Å². The first-order chi connectivity index (χ1) is 14.3. The molecule has 5 aromatic rings. The second kappa shape index (κ2) is 7.20. The van der Waals surface area contributed by atoms with Crippen molar-refractivity contribution in [1.29, 1.82) is 0 Å². The molecule has 0 aromatic heterocycles. The van der Waals surface area contributed by atoms with Gasteiger partial charge in [0.25, 0.3) is 0 Å². The molecule has 0 saturated heterocycles. The van der Waals surface area contributed by atoms with E-state index in [2.05, 4.69) is 66.7 Å². The van der Waals surface area contributed by atoms with Crippen LogP contribution in [-0.2, 0) is 12.0 Å². The van der Waals surface area contributed by atoms with Crippen LogP contribution in [0.2, 0.25) is 0 Å². The van der Waals surface area contributed by atoms with Crippen LogP contribution in [0.4, 0.5) is 0 Å². The molecule has 0 bridgehead atoms. The van der Waals surface area contributed by atoms with Crippen LogP contribution in [0.1, 0.15) is 16.7 Å². The molecule has 5 aromatic carbocycles. The van der Waals surface area contributed by atoms with Crippen LogP contribution in [0.25, 0.3) is 21.5 Å². The van der Waals surface area contributed by atoms with Gasteiger partial charge >= 0.3 is 0 Å². The zero-order valence-corrected chi connectivity index (χ0v) is 16.1. The Bertz CT molecular complexity index is 1280. The highest BCUT2D eigenvalue weighted by Crippen LogP contribution is 2.40. The zero-order chi connectivity index (χ0) is 19.7. The van der Waals surface area contributed by atoms with E-state index in [0.29, 0.717) is 6.42 Å². The third-order valence-electron chi connectivity index (χ3n) is 5.77. The second-order valence-electron chi connectivity index (χ2n) is 7.58. The maximum absolute atomic E-state index is 12.3. The topological polar surface area (TPSA) is 20.2 Å². The Labute approximate surface area is 170 Å². The van der Waals surface area contributed by atoms with E-state index in [9.17, 15) is 5.11 Å². The molecule has 0 aliphatic carbocycles. The smallest absolute Gasteiger partial charge is 0.119 e. The fourth-order valence-corrected chi connectivity index (χ4v) is 4.35. The molecule has 1 N–H and O–H groups in total. The summed E-state index contributed by atoms with van der Waals surface area (Å²) >= 11 is 0. The number of fused-ring (bicyclic) bond motifs is 3. The molecule has 1 heteroatoms. The highest BCUT2D eigenvalue weighted by Gasteiger charge is 2.33. The lowest BCUT2D eigenvalue weighted by atomic mass is 9.78. The van der Waals surface area contributed by atoms with E-state index < -0.39 is 5.60 Å². The Morgan fingerprint density at radius 3 is 1.83 bits per heavy atom. The van der Waals surface area contributed by atoms with Crippen LogP contribution in [0, 0.1) is 0 Å². The van der Waals surface area contributed by atoms with Gasteiger partial charge in [0.2, 0.25) is 0 Å². The summed E-state index contributed by atoms with van der Waals surface area (Å²) in [5, 5.41) is 16.9. The lowest BCUT2D eigenvalue weighted by molar-refractivity contribution is 0.0828. The van der Waals surface area contributed by atoms with Crippen LogP contribution in [0.5, 0.6) is 0 Å². The lowest BCUT2D eigenvalue weighted by Gasteiger charge is -2.31. The van der Waals surface area contributed by atoms with Gasteiger partial charge in [0.1, 0.15) is 5.60 Å². The summed E-state index contributed by atoms with van der Waals surface area (Å²) < 4.78 is 0.